The molecule has 0 radical (unpaired) electrons. The van der Waals surface area contributed by atoms with Crippen molar-refractivity contribution in [1.82, 2.24) is 4.57 Å². The number of rotatable bonds is 2. The van der Waals surface area contributed by atoms with Crippen molar-refractivity contribution in [3.8, 4) is 11.4 Å². The molecule has 3 aromatic rings. The van der Waals surface area contributed by atoms with Crippen LogP contribution in [0.4, 0.5) is 0 Å². The molecule has 0 fully saturated rings. The minimum atomic E-state index is -0.707. The van der Waals surface area contributed by atoms with Gasteiger partial charge in [0.1, 0.15) is 16.1 Å². The molecule has 0 aliphatic carbocycles. The van der Waals surface area contributed by atoms with Gasteiger partial charge in [0.25, 0.3) is 0 Å². The van der Waals surface area contributed by atoms with Crippen LogP contribution < -0.4 is 5.43 Å². The first-order chi connectivity index (χ1) is 10.5. The molecule has 0 atom stereocenters. The molecule has 22 heavy (non-hydrogen) atoms. The Balaban J connectivity index is 2.37. The van der Waals surface area contributed by atoms with Crippen LogP contribution in [0.3, 0.4) is 0 Å². The summed E-state index contributed by atoms with van der Waals surface area (Å²) in [6, 6.07) is 7.92. The van der Waals surface area contributed by atoms with Gasteiger partial charge in [-0.1, -0.05) is 11.6 Å². The second-order valence-electron chi connectivity index (χ2n) is 4.52. The molecule has 0 amide bonds. The maximum atomic E-state index is 12.4. The van der Waals surface area contributed by atoms with Gasteiger partial charge in [-0.25, -0.2) is 4.79 Å². The summed E-state index contributed by atoms with van der Waals surface area (Å²) in [4.78, 5) is 24.8. The lowest BCUT2D eigenvalue weighted by molar-refractivity contribution is 0.0599. The highest BCUT2D eigenvalue weighted by Crippen LogP contribution is 2.30. The molecule has 2 heterocycles. The number of fused-ring (bicyclic) bond motifs is 1. The molecular formula is C15H10ClNO4S. The maximum Gasteiger partial charge on any atom is 0.343 e. The van der Waals surface area contributed by atoms with E-state index in [1.165, 1.54) is 42.8 Å². The number of carbonyl (C=O) groups is 1. The van der Waals surface area contributed by atoms with Gasteiger partial charge in [0.2, 0.25) is 5.43 Å². The zero-order chi connectivity index (χ0) is 15.9. The summed E-state index contributed by atoms with van der Waals surface area (Å²) in [6.07, 6.45) is 1.43. The number of carbonyl (C=O) groups excluding carboxylic acids is 1. The number of phenolic OH excluding ortho intramolecular Hbond substituents is 1. The largest absolute Gasteiger partial charge is 0.508 e. The van der Waals surface area contributed by atoms with Gasteiger partial charge in [0, 0.05) is 11.9 Å². The Hall–Kier alpha value is -2.31. The maximum absolute atomic E-state index is 12.4. The Morgan fingerprint density at radius 1 is 1.32 bits per heavy atom. The molecule has 0 saturated carbocycles. The smallest absolute Gasteiger partial charge is 0.343 e. The molecule has 3 rings (SSSR count). The van der Waals surface area contributed by atoms with Crippen LogP contribution in [0.25, 0.3) is 15.9 Å². The van der Waals surface area contributed by atoms with Crippen molar-refractivity contribution in [3.63, 3.8) is 0 Å². The third-order valence-corrected chi connectivity index (χ3v) is 4.45. The van der Waals surface area contributed by atoms with Crippen LogP contribution in [0.2, 0.25) is 4.34 Å². The number of benzene rings is 1. The normalized spacial score (nSPS) is 10.8. The van der Waals surface area contributed by atoms with Crippen LogP contribution in [-0.2, 0) is 4.74 Å². The van der Waals surface area contributed by atoms with Crippen LogP contribution >= 0.6 is 22.9 Å². The monoisotopic (exact) mass is 335 g/mol. The minimum absolute atomic E-state index is 0.0717. The van der Waals surface area contributed by atoms with Crippen LogP contribution in [-0.4, -0.2) is 22.8 Å². The van der Waals surface area contributed by atoms with Gasteiger partial charge < -0.3 is 14.4 Å². The van der Waals surface area contributed by atoms with Crippen LogP contribution in [0.5, 0.6) is 5.75 Å². The Labute approximate surface area is 134 Å². The van der Waals surface area contributed by atoms with Crippen molar-refractivity contribution < 1.29 is 14.6 Å². The fourth-order valence-electron chi connectivity index (χ4n) is 2.15. The third kappa shape index (κ3) is 2.36. The molecule has 0 aliphatic heterocycles. The molecule has 5 nitrogen and oxygen atoms in total. The number of thiophene rings is 1. The van der Waals surface area contributed by atoms with E-state index in [0.717, 1.165) is 0 Å². The van der Waals surface area contributed by atoms with Crippen LogP contribution in [0.1, 0.15) is 10.4 Å². The van der Waals surface area contributed by atoms with Gasteiger partial charge in [0.15, 0.2) is 0 Å². The topological polar surface area (TPSA) is 68.5 Å². The molecule has 0 aliphatic rings. The molecule has 7 heteroatoms. The summed E-state index contributed by atoms with van der Waals surface area (Å²) in [5, 5.41) is 9.75. The lowest BCUT2D eigenvalue weighted by Crippen LogP contribution is -2.18. The van der Waals surface area contributed by atoms with E-state index in [4.69, 9.17) is 11.6 Å². The van der Waals surface area contributed by atoms with Gasteiger partial charge in [-0.2, -0.15) is 0 Å². The predicted molar refractivity (Wildman–Crippen MR) is 85.4 cm³/mol. The second-order valence-corrected chi connectivity index (χ2v) is 6.18. The van der Waals surface area contributed by atoms with Crippen LogP contribution in [0, 0.1) is 0 Å². The fourth-order valence-corrected chi connectivity index (χ4v) is 3.35. The standard InChI is InChI=1S/C15H10ClNO4S/c1-21-15(20)11-7-17(8-2-4-9(18)5-3-8)14-10(13(11)19)6-12(16)22-14/h2-7,18H,1H3. The summed E-state index contributed by atoms with van der Waals surface area (Å²) in [5.74, 6) is -0.583. The number of hydrogen-bond donors (Lipinski definition) is 1. The average molecular weight is 336 g/mol. The number of ether oxygens (including phenoxy) is 1. The zero-order valence-corrected chi connectivity index (χ0v) is 12.9. The highest BCUT2D eigenvalue weighted by Gasteiger charge is 2.18. The molecule has 0 bridgehead atoms. The van der Waals surface area contributed by atoms with E-state index in [-0.39, 0.29) is 11.3 Å². The molecule has 2 aromatic heterocycles. The van der Waals surface area contributed by atoms with E-state index in [2.05, 4.69) is 4.74 Å². The molecule has 1 N–H and O–H groups in total. The summed E-state index contributed by atoms with van der Waals surface area (Å²) in [5.41, 5.74) is 0.198. The highest BCUT2D eigenvalue weighted by atomic mass is 35.5. The first-order valence-electron chi connectivity index (χ1n) is 6.23. The summed E-state index contributed by atoms with van der Waals surface area (Å²) in [7, 11) is 1.22. The number of pyridine rings is 1. The molecule has 0 spiro atoms. The molecular weight excluding hydrogens is 326 g/mol. The number of esters is 1. The van der Waals surface area contributed by atoms with Crippen molar-refractivity contribution in [2.75, 3.05) is 7.11 Å². The minimum Gasteiger partial charge on any atom is -0.508 e. The van der Waals surface area contributed by atoms with E-state index in [0.29, 0.717) is 20.2 Å². The number of aromatic nitrogens is 1. The van der Waals surface area contributed by atoms with Gasteiger partial charge in [-0.15, -0.1) is 11.3 Å². The number of nitrogens with zero attached hydrogens (tertiary/aromatic N) is 1. The number of phenols is 1. The Morgan fingerprint density at radius 2 is 2.00 bits per heavy atom. The van der Waals surface area contributed by atoms with Crippen molar-refractivity contribution in [1.29, 1.82) is 0 Å². The van der Waals surface area contributed by atoms with Gasteiger partial charge in [-0.3, -0.25) is 4.79 Å². The lowest BCUT2D eigenvalue weighted by Gasteiger charge is -2.10. The molecule has 0 unspecified atom stereocenters. The number of methoxy groups -OCH3 is 1. The Kier molecular flexibility index (Phi) is 3.64. The van der Waals surface area contributed by atoms with Crippen molar-refractivity contribution in [3.05, 3.63) is 56.7 Å². The summed E-state index contributed by atoms with van der Waals surface area (Å²) in [6.45, 7) is 0. The molecule has 112 valence electrons. The van der Waals surface area contributed by atoms with Gasteiger partial charge in [-0.05, 0) is 30.3 Å². The number of hydrogen-bond acceptors (Lipinski definition) is 5. The van der Waals surface area contributed by atoms with Crippen molar-refractivity contribution >= 4 is 39.1 Å². The highest BCUT2D eigenvalue weighted by molar-refractivity contribution is 7.22. The van der Waals surface area contributed by atoms with Crippen molar-refractivity contribution in [2.24, 2.45) is 0 Å². The van der Waals surface area contributed by atoms with Gasteiger partial charge >= 0.3 is 5.97 Å². The Bertz CT molecular complexity index is 927. The average Bonchev–Trinajstić information content (AvgIpc) is 2.90. The van der Waals surface area contributed by atoms with Crippen molar-refractivity contribution in [2.45, 2.75) is 0 Å². The zero-order valence-electron chi connectivity index (χ0n) is 11.4. The van der Waals surface area contributed by atoms with E-state index in [1.807, 2.05) is 0 Å². The third-order valence-electron chi connectivity index (χ3n) is 3.18. The summed E-state index contributed by atoms with van der Waals surface area (Å²) >= 11 is 7.25. The van der Waals surface area contributed by atoms with E-state index < -0.39 is 11.4 Å². The Morgan fingerprint density at radius 3 is 2.64 bits per heavy atom. The van der Waals surface area contributed by atoms with E-state index >= 15 is 0 Å². The SMILES string of the molecule is COC(=O)c1cn(-c2ccc(O)cc2)c2sc(Cl)cc2c1=O. The lowest BCUT2D eigenvalue weighted by atomic mass is 10.2. The van der Waals surface area contributed by atoms with E-state index in [9.17, 15) is 14.7 Å². The van der Waals surface area contributed by atoms with Gasteiger partial charge in [0.05, 0.1) is 16.8 Å². The number of aromatic hydroxyl groups is 1. The molecule has 0 saturated heterocycles. The summed E-state index contributed by atoms with van der Waals surface area (Å²) < 4.78 is 6.79. The quantitative estimate of drug-likeness (QED) is 0.730. The first-order valence-corrected chi connectivity index (χ1v) is 7.43. The van der Waals surface area contributed by atoms with Crippen LogP contribution in [0.15, 0.2) is 41.3 Å². The fraction of sp³-hybridized carbons (Fsp3) is 0.0667. The molecule has 1 aromatic carbocycles. The predicted octanol–water partition coefficient (Wildman–Crippen LogP) is 3.20. The van der Waals surface area contributed by atoms with E-state index in [1.54, 1.807) is 16.7 Å². The first kappa shape index (κ1) is 14.6. The number of halogens is 1. The second kappa shape index (κ2) is 5.47.